The van der Waals surface area contributed by atoms with Gasteiger partial charge in [-0.25, -0.2) is 0 Å². The van der Waals surface area contributed by atoms with Gasteiger partial charge in [0.1, 0.15) is 5.75 Å². The molecular formula is C14H20O. The summed E-state index contributed by atoms with van der Waals surface area (Å²) >= 11 is 0. The molecule has 0 bridgehead atoms. The van der Waals surface area contributed by atoms with E-state index in [0.717, 1.165) is 5.75 Å². The number of hydrogen-bond acceptors (Lipinski definition) is 1. The second kappa shape index (κ2) is 3.55. The zero-order chi connectivity index (χ0) is 11.1. The SMILES string of the molecule is COc1cc2c(cc1C)CCC(C)(C)C2. The molecule has 0 spiro atoms. The van der Waals surface area contributed by atoms with Crippen LogP contribution in [0.3, 0.4) is 0 Å². The van der Waals surface area contributed by atoms with Crippen LogP contribution in [0.2, 0.25) is 0 Å². The van der Waals surface area contributed by atoms with Gasteiger partial charge in [0.15, 0.2) is 0 Å². The molecule has 0 saturated carbocycles. The van der Waals surface area contributed by atoms with Gasteiger partial charge in [-0.15, -0.1) is 0 Å². The molecule has 1 aliphatic carbocycles. The van der Waals surface area contributed by atoms with Crippen LogP contribution >= 0.6 is 0 Å². The third kappa shape index (κ3) is 2.01. The largest absolute Gasteiger partial charge is 0.496 e. The van der Waals surface area contributed by atoms with Crippen LogP contribution in [0.5, 0.6) is 5.75 Å². The van der Waals surface area contributed by atoms with Crippen LogP contribution in [0.25, 0.3) is 0 Å². The lowest BCUT2D eigenvalue weighted by Crippen LogP contribution is -2.22. The number of fused-ring (bicyclic) bond motifs is 1. The van der Waals surface area contributed by atoms with Crippen molar-refractivity contribution in [1.29, 1.82) is 0 Å². The van der Waals surface area contributed by atoms with Crippen LogP contribution in [0.1, 0.15) is 37.0 Å². The number of benzene rings is 1. The third-order valence-corrected chi connectivity index (χ3v) is 3.46. The quantitative estimate of drug-likeness (QED) is 0.680. The molecule has 0 fully saturated rings. The van der Waals surface area contributed by atoms with Crippen LogP contribution in [0, 0.1) is 12.3 Å². The zero-order valence-corrected chi connectivity index (χ0v) is 10.2. The lowest BCUT2D eigenvalue weighted by atomic mass is 9.74. The van der Waals surface area contributed by atoms with Crippen LogP contribution in [0.4, 0.5) is 0 Å². The summed E-state index contributed by atoms with van der Waals surface area (Å²) < 4.78 is 5.38. The van der Waals surface area contributed by atoms with Gasteiger partial charge in [-0.3, -0.25) is 0 Å². The molecule has 0 amide bonds. The summed E-state index contributed by atoms with van der Waals surface area (Å²) in [6, 6.07) is 4.52. The summed E-state index contributed by atoms with van der Waals surface area (Å²) in [4.78, 5) is 0. The fraction of sp³-hybridized carbons (Fsp3) is 0.571. The average Bonchev–Trinajstić information content (AvgIpc) is 2.17. The highest BCUT2D eigenvalue weighted by molar-refractivity contribution is 5.43. The molecule has 1 heteroatoms. The van der Waals surface area contributed by atoms with Gasteiger partial charge in [0.2, 0.25) is 0 Å². The molecule has 1 aliphatic rings. The van der Waals surface area contributed by atoms with Crippen molar-refractivity contribution in [2.24, 2.45) is 5.41 Å². The van der Waals surface area contributed by atoms with E-state index in [0.29, 0.717) is 5.41 Å². The molecule has 0 unspecified atom stereocenters. The van der Waals surface area contributed by atoms with E-state index in [1.807, 2.05) is 0 Å². The molecule has 15 heavy (non-hydrogen) atoms. The summed E-state index contributed by atoms with van der Waals surface area (Å²) in [6.07, 6.45) is 3.69. The van der Waals surface area contributed by atoms with E-state index in [-0.39, 0.29) is 0 Å². The standard InChI is InChI=1S/C14H20O/c1-10-7-11-5-6-14(2,3)9-12(11)8-13(10)15-4/h7-8H,5-6,9H2,1-4H3. The predicted molar refractivity (Wildman–Crippen MR) is 63.5 cm³/mol. The Morgan fingerprint density at radius 3 is 2.60 bits per heavy atom. The van der Waals surface area contributed by atoms with Crippen molar-refractivity contribution in [3.05, 3.63) is 28.8 Å². The van der Waals surface area contributed by atoms with Crippen molar-refractivity contribution in [2.75, 3.05) is 7.11 Å². The molecule has 2 rings (SSSR count). The Hall–Kier alpha value is -0.980. The van der Waals surface area contributed by atoms with Crippen LogP contribution < -0.4 is 4.74 Å². The maximum atomic E-state index is 5.38. The highest BCUT2D eigenvalue weighted by Crippen LogP contribution is 2.37. The monoisotopic (exact) mass is 204 g/mol. The van der Waals surface area contributed by atoms with Crippen LogP contribution in [-0.2, 0) is 12.8 Å². The number of methoxy groups -OCH3 is 1. The maximum Gasteiger partial charge on any atom is 0.122 e. The molecule has 1 aromatic carbocycles. The van der Waals surface area contributed by atoms with Gasteiger partial charge in [0.05, 0.1) is 7.11 Å². The second-order valence-electron chi connectivity index (χ2n) is 5.43. The van der Waals surface area contributed by atoms with Gasteiger partial charge in [-0.2, -0.15) is 0 Å². The summed E-state index contributed by atoms with van der Waals surface area (Å²) in [7, 11) is 1.75. The summed E-state index contributed by atoms with van der Waals surface area (Å²) in [5.74, 6) is 1.03. The summed E-state index contributed by atoms with van der Waals surface area (Å²) in [5, 5.41) is 0. The van der Waals surface area contributed by atoms with Gasteiger partial charge in [0.25, 0.3) is 0 Å². The topological polar surface area (TPSA) is 9.23 Å². The van der Waals surface area contributed by atoms with Crippen LogP contribution in [0.15, 0.2) is 12.1 Å². The molecule has 0 atom stereocenters. The summed E-state index contributed by atoms with van der Waals surface area (Å²) in [6.45, 7) is 6.82. The fourth-order valence-electron chi connectivity index (χ4n) is 2.48. The van der Waals surface area contributed by atoms with Gasteiger partial charge >= 0.3 is 0 Å². The lowest BCUT2D eigenvalue weighted by molar-refractivity contribution is 0.314. The fourth-order valence-corrected chi connectivity index (χ4v) is 2.48. The van der Waals surface area contributed by atoms with Crippen molar-refractivity contribution in [3.8, 4) is 5.75 Å². The Labute approximate surface area is 92.5 Å². The van der Waals surface area contributed by atoms with E-state index in [1.54, 1.807) is 7.11 Å². The van der Waals surface area contributed by atoms with E-state index in [2.05, 4.69) is 32.9 Å². The van der Waals surface area contributed by atoms with Crippen molar-refractivity contribution in [1.82, 2.24) is 0 Å². The Kier molecular flexibility index (Phi) is 2.49. The Morgan fingerprint density at radius 1 is 1.20 bits per heavy atom. The first-order chi connectivity index (χ1) is 7.02. The van der Waals surface area contributed by atoms with Gasteiger partial charge in [0, 0.05) is 0 Å². The smallest absolute Gasteiger partial charge is 0.122 e. The second-order valence-corrected chi connectivity index (χ2v) is 5.43. The molecule has 0 saturated heterocycles. The predicted octanol–water partition coefficient (Wildman–Crippen LogP) is 3.52. The number of ether oxygens (including phenoxy) is 1. The molecule has 1 aromatic rings. The van der Waals surface area contributed by atoms with Gasteiger partial charge < -0.3 is 4.74 Å². The number of rotatable bonds is 1. The average molecular weight is 204 g/mol. The molecule has 0 aromatic heterocycles. The molecule has 0 N–H and O–H groups in total. The van der Waals surface area contributed by atoms with Gasteiger partial charge in [-0.05, 0) is 54.4 Å². The van der Waals surface area contributed by atoms with Crippen molar-refractivity contribution in [2.45, 2.75) is 40.0 Å². The Bertz CT molecular complexity index is 377. The minimum atomic E-state index is 0.452. The van der Waals surface area contributed by atoms with Crippen molar-refractivity contribution >= 4 is 0 Å². The molecular weight excluding hydrogens is 184 g/mol. The highest BCUT2D eigenvalue weighted by Gasteiger charge is 2.25. The van der Waals surface area contributed by atoms with E-state index in [4.69, 9.17) is 4.74 Å². The van der Waals surface area contributed by atoms with Gasteiger partial charge in [-0.1, -0.05) is 19.9 Å². The highest BCUT2D eigenvalue weighted by atomic mass is 16.5. The first-order valence-electron chi connectivity index (χ1n) is 5.68. The molecule has 0 heterocycles. The first-order valence-corrected chi connectivity index (χ1v) is 5.68. The minimum absolute atomic E-state index is 0.452. The molecule has 82 valence electrons. The molecule has 0 radical (unpaired) electrons. The van der Waals surface area contributed by atoms with Crippen LogP contribution in [-0.4, -0.2) is 7.11 Å². The number of aryl methyl sites for hydroxylation is 2. The molecule has 1 nitrogen and oxygen atoms in total. The van der Waals surface area contributed by atoms with Crippen molar-refractivity contribution < 1.29 is 4.74 Å². The lowest BCUT2D eigenvalue weighted by Gasteiger charge is -2.31. The van der Waals surface area contributed by atoms with E-state index in [1.165, 1.54) is 36.0 Å². The third-order valence-electron chi connectivity index (χ3n) is 3.46. The number of hydrogen-bond donors (Lipinski definition) is 0. The van der Waals surface area contributed by atoms with E-state index < -0.39 is 0 Å². The van der Waals surface area contributed by atoms with Crippen molar-refractivity contribution in [3.63, 3.8) is 0 Å². The Balaban J connectivity index is 2.42. The van der Waals surface area contributed by atoms with E-state index >= 15 is 0 Å². The molecule has 0 aliphatic heterocycles. The Morgan fingerprint density at radius 2 is 1.93 bits per heavy atom. The first kappa shape index (κ1) is 10.5. The summed E-state index contributed by atoms with van der Waals surface area (Å²) in [5.41, 5.74) is 4.71. The maximum absolute atomic E-state index is 5.38. The van der Waals surface area contributed by atoms with E-state index in [9.17, 15) is 0 Å². The normalized spacial score (nSPS) is 18.4. The minimum Gasteiger partial charge on any atom is -0.496 e. The zero-order valence-electron chi connectivity index (χ0n) is 10.2.